The van der Waals surface area contributed by atoms with Crippen LogP contribution in [0.15, 0.2) is 47.4 Å². The number of nitrogens with zero attached hydrogens (tertiary/aromatic N) is 1. The SMILES string of the molecule is C#Cc1cccc(NC(=O)CN(C)C(=O)c2cc(SC)ccc2C)c1. The number of nitrogens with one attached hydrogen (secondary N) is 1. The smallest absolute Gasteiger partial charge is 0.254 e. The number of anilines is 1. The molecule has 2 rings (SSSR count). The highest BCUT2D eigenvalue weighted by molar-refractivity contribution is 7.98. The van der Waals surface area contributed by atoms with E-state index < -0.39 is 0 Å². The molecular formula is C20H20N2O2S. The Morgan fingerprint density at radius 3 is 2.68 bits per heavy atom. The maximum atomic E-state index is 12.6. The Morgan fingerprint density at radius 1 is 1.24 bits per heavy atom. The number of aryl methyl sites for hydroxylation is 1. The van der Waals surface area contributed by atoms with Crippen molar-refractivity contribution in [2.24, 2.45) is 0 Å². The van der Waals surface area contributed by atoms with Crippen LogP contribution in [0.3, 0.4) is 0 Å². The van der Waals surface area contributed by atoms with Crippen LogP contribution < -0.4 is 5.32 Å². The molecule has 0 unspecified atom stereocenters. The van der Waals surface area contributed by atoms with Crippen LogP contribution >= 0.6 is 11.8 Å². The average molecular weight is 352 g/mol. The molecule has 2 amide bonds. The molecule has 0 saturated heterocycles. The van der Waals surface area contributed by atoms with Crippen molar-refractivity contribution in [2.45, 2.75) is 11.8 Å². The topological polar surface area (TPSA) is 49.4 Å². The highest BCUT2D eigenvalue weighted by Gasteiger charge is 2.17. The zero-order chi connectivity index (χ0) is 18.4. The second-order valence-corrected chi connectivity index (χ2v) is 6.50. The predicted octanol–water partition coefficient (Wildman–Crippen LogP) is 3.41. The summed E-state index contributed by atoms with van der Waals surface area (Å²) in [5, 5.41) is 2.76. The first-order valence-corrected chi connectivity index (χ1v) is 8.93. The van der Waals surface area contributed by atoms with E-state index in [4.69, 9.17) is 6.42 Å². The molecule has 0 spiro atoms. The monoisotopic (exact) mass is 352 g/mol. The summed E-state index contributed by atoms with van der Waals surface area (Å²) >= 11 is 1.57. The quantitative estimate of drug-likeness (QED) is 0.663. The highest BCUT2D eigenvalue weighted by Crippen LogP contribution is 2.20. The third-order valence-electron chi connectivity index (χ3n) is 3.72. The number of hydrogen-bond acceptors (Lipinski definition) is 3. The Labute approximate surface area is 152 Å². The molecule has 0 atom stereocenters. The number of carbonyl (C=O) groups is 2. The molecule has 4 nitrogen and oxygen atoms in total. The van der Waals surface area contributed by atoms with Crippen molar-refractivity contribution in [2.75, 3.05) is 25.2 Å². The standard InChI is InChI=1S/C20H20N2O2S/c1-5-15-7-6-8-16(11-15)21-19(23)13-22(3)20(24)18-12-17(25-4)10-9-14(18)2/h1,6-12H,13H2,2-4H3,(H,21,23). The third-order valence-corrected chi connectivity index (χ3v) is 4.44. The van der Waals surface area contributed by atoms with E-state index in [-0.39, 0.29) is 18.4 Å². The van der Waals surface area contributed by atoms with Crippen molar-refractivity contribution >= 4 is 29.3 Å². The van der Waals surface area contributed by atoms with Crippen LogP contribution in [0.4, 0.5) is 5.69 Å². The molecule has 25 heavy (non-hydrogen) atoms. The summed E-state index contributed by atoms with van der Waals surface area (Å²) in [5.74, 6) is 2.07. The van der Waals surface area contributed by atoms with E-state index in [0.717, 1.165) is 10.5 Å². The van der Waals surface area contributed by atoms with Gasteiger partial charge in [-0.3, -0.25) is 9.59 Å². The Balaban J connectivity index is 2.05. The van der Waals surface area contributed by atoms with Gasteiger partial charge in [0.1, 0.15) is 0 Å². The summed E-state index contributed by atoms with van der Waals surface area (Å²) in [5.41, 5.74) is 2.79. The Kier molecular flexibility index (Phi) is 6.26. The van der Waals surface area contributed by atoms with Crippen LogP contribution in [0, 0.1) is 19.3 Å². The average Bonchev–Trinajstić information content (AvgIpc) is 2.61. The molecule has 2 aromatic rings. The summed E-state index contributed by atoms with van der Waals surface area (Å²) in [6.45, 7) is 1.85. The molecular weight excluding hydrogens is 332 g/mol. The lowest BCUT2D eigenvalue weighted by Gasteiger charge is -2.18. The van der Waals surface area contributed by atoms with E-state index in [9.17, 15) is 9.59 Å². The van der Waals surface area contributed by atoms with E-state index in [1.54, 1.807) is 43.1 Å². The molecule has 128 valence electrons. The Hall–Kier alpha value is -2.71. The Bertz CT molecular complexity index is 840. The molecule has 0 aliphatic rings. The van der Waals surface area contributed by atoms with E-state index in [1.165, 1.54) is 4.90 Å². The van der Waals surface area contributed by atoms with Crippen LogP contribution in [0.2, 0.25) is 0 Å². The predicted molar refractivity (Wildman–Crippen MR) is 103 cm³/mol. The first kappa shape index (κ1) is 18.6. The number of likely N-dealkylation sites (N-methyl/N-ethyl adjacent to an activating group) is 1. The van der Waals surface area contributed by atoms with Gasteiger partial charge in [-0.2, -0.15) is 0 Å². The Morgan fingerprint density at radius 2 is 2.00 bits per heavy atom. The zero-order valence-electron chi connectivity index (χ0n) is 14.5. The van der Waals surface area contributed by atoms with E-state index in [2.05, 4.69) is 11.2 Å². The number of rotatable bonds is 5. The number of amides is 2. The molecule has 0 bridgehead atoms. The first-order valence-electron chi connectivity index (χ1n) is 7.71. The van der Waals surface area contributed by atoms with Crippen LogP contribution in [0.25, 0.3) is 0 Å². The van der Waals surface area contributed by atoms with Crippen LogP contribution in [-0.4, -0.2) is 36.6 Å². The molecule has 2 aromatic carbocycles. The van der Waals surface area contributed by atoms with Gasteiger partial charge in [-0.05, 0) is 49.1 Å². The van der Waals surface area contributed by atoms with Crippen LogP contribution in [-0.2, 0) is 4.79 Å². The van der Waals surface area contributed by atoms with E-state index in [1.807, 2.05) is 31.4 Å². The lowest BCUT2D eigenvalue weighted by atomic mass is 10.1. The number of terminal acetylenes is 1. The second-order valence-electron chi connectivity index (χ2n) is 5.62. The molecule has 0 radical (unpaired) electrons. The summed E-state index contributed by atoms with van der Waals surface area (Å²) in [6.07, 6.45) is 7.31. The summed E-state index contributed by atoms with van der Waals surface area (Å²) in [7, 11) is 1.62. The van der Waals surface area contributed by atoms with Crippen molar-refractivity contribution in [3.8, 4) is 12.3 Å². The minimum absolute atomic E-state index is 0.0396. The summed E-state index contributed by atoms with van der Waals surface area (Å²) < 4.78 is 0. The number of benzene rings is 2. The molecule has 0 aliphatic carbocycles. The molecule has 0 heterocycles. The van der Waals surface area contributed by atoms with Gasteiger partial charge < -0.3 is 10.2 Å². The lowest BCUT2D eigenvalue weighted by Crippen LogP contribution is -2.35. The molecule has 0 aromatic heterocycles. The van der Waals surface area contributed by atoms with Crippen molar-refractivity contribution in [1.29, 1.82) is 0 Å². The zero-order valence-corrected chi connectivity index (χ0v) is 15.3. The maximum Gasteiger partial charge on any atom is 0.254 e. The first-order chi connectivity index (χ1) is 11.9. The maximum absolute atomic E-state index is 12.6. The number of carbonyl (C=O) groups excluding carboxylic acids is 2. The third kappa shape index (κ3) is 4.88. The fourth-order valence-corrected chi connectivity index (χ4v) is 2.78. The van der Waals surface area contributed by atoms with Crippen LogP contribution in [0.1, 0.15) is 21.5 Å². The van der Waals surface area contributed by atoms with Gasteiger partial charge in [-0.25, -0.2) is 0 Å². The number of thioether (sulfide) groups is 1. The normalized spacial score (nSPS) is 10.0. The van der Waals surface area contributed by atoms with E-state index in [0.29, 0.717) is 16.8 Å². The van der Waals surface area contributed by atoms with Gasteiger partial charge in [0.2, 0.25) is 5.91 Å². The lowest BCUT2D eigenvalue weighted by molar-refractivity contribution is -0.116. The fraction of sp³-hybridized carbons (Fsp3) is 0.200. The fourth-order valence-electron chi connectivity index (χ4n) is 2.34. The van der Waals surface area contributed by atoms with Crippen molar-refractivity contribution < 1.29 is 9.59 Å². The minimum Gasteiger partial charge on any atom is -0.332 e. The van der Waals surface area contributed by atoms with Gasteiger partial charge >= 0.3 is 0 Å². The number of hydrogen-bond donors (Lipinski definition) is 1. The molecule has 0 saturated carbocycles. The largest absolute Gasteiger partial charge is 0.332 e. The second kappa shape index (κ2) is 8.41. The van der Waals surface area contributed by atoms with Crippen molar-refractivity contribution in [3.63, 3.8) is 0 Å². The van der Waals surface area contributed by atoms with Gasteiger partial charge in [0, 0.05) is 28.8 Å². The summed E-state index contributed by atoms with van der Waals surface area (Å²) in [4.78, 5) is 27.3. The molecule has 0 fully saturated rings. The van der Waals surface area contributed by atoms with Crippen molar-refractivity contribution in [1.82, 2.24) is 4.90 Å². The van der Waals surface area contributed by atoms with Gasteiger partial charge in [0.05, 0.1) is 6.54 Å². The highest BCUT2D eigenvalue weighted by atomic mass is 32.2. The summed E-state index contributed by atoms with van der Waals surface area (Å²) in [6, 6.07) is 12.8. The molecule has 1 N–H and O–H groups in total. The van der Waals surface area contributed by atoms with Crippen LogP contribution in [0.5, 0.6) is 0 Å². The van der Waals surface area contributed by atoms with Gasteiger partial charge in [-0.15, -0.1) is 18.2 Å². The van der Waals surface area contributed by atoms with Gasteiger partial charge in [-0.1, -0.05) is 18.1 Å². The minimum atomic E-state index is -0.274. The molecule has 5 heteroatoms. The van der Waals surface area contributed by atoms with E-state index >= 15 is 0 Å². The van der Waals surface area contributed by atoms with Gasteiger partial charge in [0.15, 0.2) is 0 Å². The van der Waals surface area contributed by atoms with Crippen molar-refractivity contribution in [3.05, 3.63) is 59.2 Å². The molecule has 0 aliphatic heterocycles. The van der Waals surface area contributed by atoms with Gasteiger partial charge in [0.25, 0.3) is 5.91 Å².